The molecule has 2 nitrogen and oxygen atoms in total. The van der Waals surface area contributed by atoms with Crippen LogP contribution in [0.25, 0.3) is 60.1 Å². The van der Waals surface area contributed by atoms with Gasteiger partial charge in [-0.1, -0.05) is 142 Å². The van der Waals surface area contributed by atoms with Crippen molar-refractivity contribution >= 4 is 49.3 Å². The first-order valence-corrected chi connectivity index (χ1v) is 18.0. The zero-order chi connectivity index (χ0) is 34.3. The van der Waals surface area contributed by atoms with Crippen molar-refractivity contribution in [2.45, 2.75) is 38.1 Å². The number of nitrogens with zero attached hydrogens (tertiary/aromatic N) is 2. The van der Waals surface area contributed by atoms with E-state index in [9.17, 15) is 0 Å². The normalized spacial score (nSPS) is 16.9. The van der Waals surface area contributed by atoms with E-state index in [4.69, 9.17) is 0 Å². The molecule has 7 aromatic carbocycles. The summed E-state index contributed by atoms with van der Waals surface area (Å²) in [6.07, 6.45) is 11.1. The summed E-state index contributed by atoms with van der Waals surface area (Å²) < 4.78 is 0. The lowest BCUT2D eigenvalue weighted by Crippen LogP contribution is -2.28. The standard InChI is InChI=1S/C49H38N2/c1-49(2,3)37-26-34-19-22-40-42(32-17-15-31(16-18-32)36-10-9-25-50-30-36)29-43(41-23-20-35(27-37)47(34)48(40)41)33-21-24-46-44(28-33)39-13-7-8-14-45(39)51(46)38-11-5-4-6-12-38/h4-30,44,46H,1-3H3. The number of hydrogen-bond acceptors (Lipinski definition) is 2. The molecule has 0 spiro atoms. The number of benzene rings is 7. The maximum atomic E-state index is 4.36. The number of para-hydroxylation sites is 2. The molecule has 0 fully saturated rings. The fourth-order valence-electron chi connectivity index (χ4n) is 8.62. The van der Waals surface area contributed by atoms with Crippen LogP contribution in [0.2, 0.25) is 0 Å². The zero-order valence-corrected chi connectivity index (χ0v) is 29.1. The molecule has 0 bridgehead atoms. The maximum absolute atomic E-state index is 4.36. The van der Waals surface area contributed by atoms with E-state index in [1.54, 1.807) is 0 Å². The zero-order valence-electron chi connectivity index (χ0n) is 29.1. The first-order chi connectivity index (χ1) is 24.9. The predicted molar refractivity (Wildman–Crippen MR) is 216 cm³/mol. The molecular weight excluding hydrogens is 617 g/mol. The molecule has 1 aliphatic heterocycles. The monoisotopic (exact) mass is 654 g/mol. The minimum Gasteiger partial charge on any atom is -0.333 e. The molecule has 0 radical (unpaired) electrons. The van der Waals surface area contributed by atoms with Crippen molar-refractivity contribution in [2.75, 3.05) is 4.90 Å². The molecule has 2 heteroatoms. The quantitative estimate of drug-likeness (QED) is 0.176. The van der Waals surface area contributed by atoms with Gasteiger partial charge in [0.15, 0.2) is 0 Å². The van der Waals surface area contributed by atoms with Gasteiger partial charge in [-0.2, -0.15) is 0 Å². The predicted octanol–water partition coefficient (Wildman–Crippen LogP) is 12.9. The van der Waals surface area contributed by atoms with Gasteiger partial charge in [0.25, 0.3) is 0 Å². The van der Waals surface area contributed by atoms with Crippen LogP contribution in [0, 0.1) is 0 Å². The van der Waals surface area contributed by atoms with E-state index in [1.165, 1.54) is 82.6 Å². The Morgan fingerprint density at radius 3 is 2.04 bits per heavy atom. The Kier molecular flexibility index (Phi) is 6.60. The minimum atomic E-state index is 0.0657. The van der Waals surface area contributed by atoms with Gasteiger partial charge in [0.05, 0.1) is 6.04 Å². The lowest BCUT2D eigenvalue weighted by atomic mass is 9.80. The van der Waals surface area contributed by atoms with Crippen LogP contribution in [0.3, 0.4) is 0 Å². The van der Waals surface area contributed by atoms with Gasteiger partial charge in [0.1, 0.15) is 0 Å². The molecule has 51 heavy (non-hydrogen) atoms. The van der Waals surface area contributed by atoms with E-state index in [-0.39, 0.29) is 17.4 Å². The van der Waals surface area contributed by atoms with Gasteiger partial charge in [-0.05, 0) is 113 Å². The number of anilines is 2. The minimum absolute atomic E-state index is 0.0657. The van der Waals surface area contributed by atoms with Crippen LogP contribution in [0.1, 0.15) is 43.4 Å². The van der Waals surface area contributed by atoms with Crippen LogP contribution in [0.15, 0.2) is 164 Å². The Morgan fingerprint density at radius 1 is 0.608 bits per heavy atom. The molecule has 0 amide bonds. The molecule has 0 saturated carbocycles. The van der Waals surface area contributed by atoms with E-state index in [2.05, 4.69) is 176 Å². The first kappa shape index (κ1) is 29.9. The summed E-state index contributed by atoms with van der Waals surface area (Å²) in [6.45, 7) is 6.92. The Bertz CT molecular complexity index is 2640. The molecule has 2 unspecified atom stereocenters. The fourth-order valence-corrected chi connectivity index (χ4v) is 8.62. The van der Waals surface area contributed by atoms with Crippen molar-refractivity contribution in [3.63, 3.8) is 0 Å². The van der Waals surface area contributed by atoms with Crippen LogP contribution in [0.4, 0.5) is 11.4 Å². The Balaban J connectivity index is 1.19. The molecule has 8 aromatic rings. The van der Waals surface area contributed by atoms with Crippen molar-refractivity contribution < 1.29 is 0 Å². The third-order valence-electron chi connectivity index (χ3n) is 11.2. The highest BCUT2D eigenvalue weighted by Crippen LogP contribution is 2.51. The summed E-state index contributed by atoms with van der Waals surface area (Å²) in [4.78, 5) is 6.87. The topological polar surface area (TPSA) is 16.1 Å². The average Bonchev–Trinajstić information content (AvgIpc) is 3.50. The van der Waals surface area contributed by atoms with E-state index in [1.807, 2.05) is 18.5 Å². The van der Waals surface area contributed by atoms with Crippen LogP contribution >= 0.6 is 0 Å². The third kappa shape index (κ3) is 4.74. The molecule has 0 saturated heterocycles. The van der Waals surface area contributed by atoms with Gasteiger partial charge in [0, 0.05) is 29.7 Å². The van der Waals surface area contributed by atoms with Gasteiger partial charge in [0.2, 0.25) is 0 Å². The van der Waals surface area contributed by atoms with Gasteiger partial charge < -0.3 is 4.90 Å². The number of pyridine rings is 1. The number of hydrogen-bond donors (Lipinski definition) is 0. The number of fused-ring (bicyclic) bond motifs is 3. The average molecular weight is 655 g/mol. The van der Waals surface area contributed by atoms with Crippen LogP contribution in [-0.2, 0) is 5.41 Å². The van der Waals surface area contributed by atoms with Gasteiger partial charge in [-0.25, -0.2) is 0 Å². The highest BCUT2D eigenvalue weighted by Gasteiger charge is 2.38. The Hall–Kier alpha value is -5.99. The van der Waals surface area contributed by atoms with Crippen molar-refractivity contribution in [1.82, 2.24) is 4.98 Å². The molecule has 244 valence electrons. The second-order valence-electron chi connectivity index (χ2n) is 15.2. The molecule has 1 aromatic heterocycles. The lowest BCUT2D eigenvalue weighted by Gasteiger charge is -2.30. The van der Waals surface area contributed by atoms with Crippen LogP contribution in [0.5, 0.6) is 0 Å². The molecule has 1 aliphatic carbocycles. The second kappa shape index (κ2) is 11.3. The van der Waals surface area contributed by atoms with E-state index in [0.29, 0.717) is 0 Å². The van der Waals surface area contributed by atoms with E-state index < -0.39 is 0 Å². The number of rotatable bonds is 4. The van der Waals surface area contributed by atoms with E-state index in [0.717, 1.165) is 5.56 Å². The van der Waals surface area contributed by atoms with Gasteiger partial charge in [-0.3, -0.25) is 4.98 Å². The highest BCUT2D eigenvalue weighted by atomic mass is 15.2. The summed E-state index contributed by atoms with van der Waals surface area (Å²) in [7, 11) is 0. The van der Waals surface area contributed by atoms with Crippen molar-refractivity contribution in [3.05, 3.63) is 181 Å². The van der Waals surface area contributed by atoms with Crippen LogP contribution in [-0.4, -0.2) is 11.0 Å². The molecular formula is C49H38N2. The van der Waals surface area contributed by atoms with Gasteiger partial charge >= 0.3 is 0 Å². The maximum Gasteiger partial charge on any atom is 0.0630 e. The fraction of sp³-hybridized carbons (Fsp3) is 0.122. The number of aromatic nitrogens is 1. The Labute approximate surface area is 299 Å². The number of allylic oxidation sites excluding steroid dienone is 2. The molecule has 10 rings (SSSR count). The molecule has 2 heterocycles. The summed E-state index contributed by atoms with van der Waals surface area (Å²) >= 11 is 0. The lowest BCUT2D eigenvalue weighted by molar-refractivity contribution is 0.591. The highest BCUT2D eigenvalue weighted by molar-refractivity contribution is 6.27. The summed E-state index contributed by atoms with van der Waals surface area (Å²) in [6, 6.07) is 49.8. The second-order valence-corrected chi connectivity index (χ2v) is 15.2. The van der Waals surface area contributed by atoms with Crippen molar-refractivity contribution in [3.8, 4) is 22.3 Å². The van der Waals surface area contributed by atoms with Crippen molar-refractivity contribution in [1.29, 1.82) is 0 Å². The first-order valence-electron chi connectivity index (χ1n) is 18.0. The smallest absolute Gasteiger partial charge is 0.0630 e. The molecule has 0 N–H and O–H groups in total. The third-order valence-corrected chi connectivity index (χ3v) is 11.2. The largest absolute Gasteiger partial charge is 0.333 e. The Morgan fingerprint density at radius 2 is 1.31 bits per heavy atom. The van der Waals surface area contributed by atoms with Crippen molar-refractivity contribution in [2.24, 2.45) is 0 Å². The molecule has 2 aliphatic rings. The summed E-state index contributed by atoms with van der Waals surface area (Å²) in [5.41, 5.74) is 12.7. The summed E-state index contributed by atoms with van der Waals surface area (Å²) in [5.74, 6) is 0.247. The molecule has 2 atom stereocenters. The van der Waals surface area contributed by atoms with Crippen LogP contribution < -0.4 is 4.90 Å². The van der Waals surface area contributed by atoms with E-state index >= 15 is 0 Å². The summed E-state index contributed by atoms with van der Waals surface area (Å²) in [5, 5.41) is 7.92. The SMILES string of the molecule is CC(C)(C)c1cc2ccc3c(C4=CC5c6ccccc6N(c6ccccc6)C5C=C4)cc(-c4ccc(-c5cccnc5)cc4)c4ccc(c1)c2c34. The van der Waals surface area contributed by atoms with Gasteiger partial charge in [-0.15, -0.1) is 0 Å².